The number of halogens is 4. The van der Waals surface area contributed by atoms with Crippen molar-refractivity contribution < 1.29 is 13.6 Å². The Morgan fingerprint density at radius 2 is 2.25 bits per heavy atom. The minimum Gasteiger partial charge on any atom is -0.365 e. The predicted molar refractivity (Wildman–Crippen MR) is 119 cm³/mol. The van der Waals surface area contributed by atoms with Gasteiger partial charge in [0.05, 0.1) is 11.9 Å². The van der Waals surface area contributed by atoms with Gasteiger partial charge in [-0.2, -0.15) is 20.2 Å². The third-order valence-corrected chi connectivity index (χ3v) is 5.11. The first-order chi connectivity index (χ1) is 14.9. The molecule has 4 heterocycles. The number of aromatic amines is 1. The van der Waals surface area contributed by atoms with E-state index >= 15 is 0 Å². The average molecular weight is 488 g/mol. The lowest BCUT2D eigenvalue weighted by atomic mass is 10.1. The van der Waals surface area contributed by atoms with Crippen LogP contribution >= 0.6 is 24.0 Å². The molecule has 1 atom stereocenters. The fourth-order valence-corrected chi connectivity index (χ4v) is 3.68. The maximum Gasteiger partial charge on any atom is 0.257 e. The van der Waals surface area contributed by atoms with Gasteiger partial charge in [-0.1, -0.05) is 18.2 Å². The summed E-state index contributed by atoms with van der Waals surface area (Å²) in [6.07, 6.45) is 3.30. The number of nitrogens with zero attached hydrogens (tertiary/aromatic N) is 6. The standard InChI is InChI=1S/C18H20ClF2N9O.ClH/c1-2-13(31)29-5-3-4-10(7-29)23-16-14-15(19)27-28-17(14)26-18(25-16)24-11-6-22-30(8-11)9-12(20)21;/h2,6,8,10,12H,1,3-5,7,9H2,(H3,23,24,25,26,27,28);1H/t10-;/m1./s1. The second kappa shape index (κ2) is 10.1. The number of fused-ring (bicyclic) bond motifs is 1. The van der Waals surface area contributed by atoms with Crippen molar-refractivity contribution in [2.75, 3.05) is 23.7 Å². The lowest BCUT2D eigenvalue weighted by molar-refractivity contribution is -0.127. The molecular formula is C18H21Cl2F2N9O. The van der Waals surface area contributed by atoms with E-state index in [1.54, 1.807) is 4.90 Å². The second-order valence-corrected chi connectivity index (χ2v) is 7.45. The zero-order valence-corrected chi connectivity index (χ0v) is 18.3. The van der Waals surface area contributed by atoms with Crippen molar-refractivity contribution in [2.45, 2.75) is 31.9 Å². The predicted octanol–water partition coefficient (Wildman–Crippen LogP) is 3.22. The summed E-state index contributed by atoms with van der Waals surface area (Å²) >= 11 is 6.24. The molecule has 14 heteroatoms. The highest BCUT2D eigenvalue weighted by atomic mass is 35.5. The molecule has 0 aromatic carbocycles. The number of aromatic nitrogens is 6. The van der Waals surface area contributed by atoms with Crippen molar-refractivity contribution in [1.29, 1.82) is 0 Å². The topological polar surface area (TPSA) is 117 Å². The zero-order chi connectivity index (χ0) is 22.0. The molecule has 1 saturated heterocycles. The monoisotopic (exact) mass is 487 g/mol. The molecule has 0 spiro atoms. The van der Waals surface area contributed by atoms with E-state index in [2.05, 4.69) is 42.5 Å². The highest BCUT2D eigenvalue weighted by Gasteiger charge is 2.24. The summed E-state index contributed by atoms with van der Waals surface area (Å²) < 4.78 is 26.2. The van der Waals surface area contributed by atoms with Crippen LogP contribution in [0.15, 0.2) is 25.0 Å². The molecule has 1 amide bonds. The number of H-pyrrole nitrogens is 1. The molecule has 172 valence electrons. The number of amides is 1. The van der Waals surface area contributed by atoms with Gasteiger partial charge in [0.1, 0.15) is 22.9 Å². The largest absolute Gasteiger partial charge is 0.365 e. The molecule has 0 bridgehead atoms. The van der Waals surface area contributed by atoms with Crippen molar-refractivity contribution in [2.24, 2.45) is 0 Å². The summed E-state index contributed by atoms with van der Waals surface area (Å²) in [5.74, 6) is 0.526. The highest BCUT2D eigenvalue weighted by molar-refractivity contribution is 6.35. The Labute approximate surface area is 192 Å². The van der Waals surface area contributed by atoms with Gasteiger partial charge < -0.3 is 15.5 Å². The Kier molecular flexibility index (Phi) is 7.46. The Balaban J connectivity index is 0.00000289. The quantitative estimate of drug-likeness (QED) is 0.438. The van der Waals surface area contributed by atoms with Crippen molar-refractivity contribution in [3.63, 3.8) is 0 Å². The molecule has 0 saturated carbocycles. The summed E-state index contributed by atoms with van der Waals surface area (Å²) in [7, 11) is 0. The molecule has 0 unspecified atom stereocenters. The number of likely N-dealkylation sites (tertiary alicyclic amines) is 1. The summed E-state index contributed by atoms with van der Waals surface area (Å²) in [5, 5.41) is 17.7. The van der Waals surface area contributed by atoms with Crippen molar-refractivity contribution in [3.05, 3.63) is 30.2 Å². The number of alkyl halides is 2. The van der Waals surface area contributed by atoms with E-state index < -0.39 is 13.0 Å². The Hall–Kier alpha value is -2.99. The second-order valence-electron chi connectivity index (χ2n) is 7.07. The lowest BCUT2D eigenvalue weighted by Crippen LogP contribution is -2.44. The van der Waals surface area contributed by atoms with Gasteiger partial charge in [-0.3, -0.25) is 14.6 Å². The van der Waals surface area contributed by atoms with Crippen molar-refractivity contribution in [3.8, 4) is 0 Å². The van der Waals surface area contributed by atoms with Crippen LogP contribution in [0.4, 0.5) is 26.2 Å². The first kappa shape index (κ1) is 23.7. The molecule has 0 radical (unpaired) electrons. The number of hydrogen-bond acceptors (Lipinski definition) is 7. The van der Waals surface area contributed by atoms with E-state index in [1.807, 2.05) is 0 Å². The highest BCUT2D eigenvalue weighted by Crippen LogP contribution is 2.29. The smallest absolute Gasteiger partial charge is 0.257 e. The SMILES string of the molecule is C=CC(=O)N1CCC[C@@H](Nc2nc(Nc3cnn(CC(F)F)c3)nc3n[nH]c(Cl)c23)C1.Cl. The van der Waals surface area contributed by atoms with Crippen LogP contribution in [0.3, 0.4) is 0 Å². The van der Waals surface area contributed by atoms with E-state index in [0.29, 0.717) is 35.6 Å². The maximum atomic E-state index is 12.5. The fraction of sp³-hybridized carbons (Fsp3) is 0.389. The third kappa shape index (κ3) is 5.25. The summed E-state index contributed by atoms with van der Waals surface area (Å²) in [6.45, 7) is 4.20. The molecule has 3 aromatic heterocycles. The van der Waals surface area contributed by atoms with Gasteiger partial charge in [0.15, 0.2) is 5.65 Å². The van der Waals surface area contributed by atoms with Gasteiger partial charge in [0.25, 0.3) is 6.43 Å². The number of carbonyl (C=O) groups excluding carboxylic acids is 1. The lowest BCUT2D eigenvalue weighted by Gasteiger charge is -2.32. The van der Waals surface area contributed by atoms with Gasteiger partial charge >= 0.3 is 0 Å². The van der Waals surface area contributed by atoms with Crippen molar-refractivity contribution >= 4 is 58.4 Å². The molecule has 32 heavy (non-hydrogen) atoms. The normalized spacial score (nSPS) is 16.1. The van der Waals surface area contributed by atoms with E-state index in [9.17, 15) is 13.6 Å². The number of anilines is 3. The summed E-state index contributed by atoms with van der Waals surface area (Å²) in [4.78, 5) is 22.5. The number of carbonyl (C=O) groups is 1. The molecule has 3 aromatic rings. The van der Waals surface area contributed by atoms with Crippen LogP contribution in [-0.4, -0.2) is 66.3 Å². The number of piperidine rings is 1. The Bertz CT molecular complexity index is 1100. The number of hydrogen-bond donors (Lipinski definition) is 3. The van der Waals surface area contributed by atoms with Gasteiger partial charge in [-0.05, 0) is 18.9 Å². The first-order valence-electron chi connectivity index (χ1n) is 9.60. The van der Waals surface area contributed by atoms with Crippen LogP contribution in [0.25, 0.3) is 11.0 Å². The molecule has 1 aliphatic heterocycles. The minimum atomic E-state index is -2.51. The molecule has 4 rings (SSSR count). The van der Waals surface area contributed by atoms with E-state index in [-0.39, 0.29) is 35.5 Å². The van der Waals surface area contributed by atoms with Crippen LogP contribution in [0.2, 0.25) is 5.15 Å². The third-order valence-electron chi connectivity index (χ3n) is 4.83. The Morgan fingerprint density at radius 3 is 3.00 bits per heavy atom. The maximum absolute atomic E-state index is 12.5. The van der Waals surface area contributed by atoms with Crippen molar-refractivity contribution in [1.82, 2.24) is 34.8 Å². The van der Waals surface area contributed by atoms with E-state index in [1.165, 1.54) is 18.5 Å². The van der Waals surface area contributed by atoms with Gasteiger partial charge in [0, 0.05) is 25.3 Å². The molecule has 10 nitrogen and oxygen atoms in total. The van der Waals surface area contributed by atoms with Gasteiger partial charge in [-0.25, -0.2) is 8.78 Å². The van der Waals surface area contributed by atoms with Crippen LogP contribution in [-0.2, 0) is 11.3 Å². The molecule has 1 fully saturated rings. The van der Waals surface area contributed by atoms with E-state index in [4.69, 9.17) is 11.6 Å². The van der Waals surface area contributed by atoms with Crippen LogP contribution in [0.5, 0.6) is 0 Å². The van der Waals surface area contributed by atoms with Crippen LogP contribution in [0.1, 0.15) is 12.8 Å². The molecule has 1 aliphatic rings. The van der Waals surface area contributed by atoms with Crippen LogP contribution in [0, 0.1) is 0 Å². The van der Waals surface area contributed by atoms with E-state index in [0.717, 1.165) is 17.5 Å². The summed E-state index contributed by atoms with van der Waals surface area (Å²) in [5.41, 5.74) is 0.785. The van der Waals surface area contributed by atoms with Crippen LogP contribution < -0.4 is 10.6 Å². The number of rotatable bonds is 7. The first-order valence-corrected chi connectivity index (χ1v) is 9.98. The molecule has 0 aliphatic carbocycles. The average Bonchev–Trinajstić information content (AvgIpc) is 3.33. The fourth-order valence-electron chi connectivity index (χ4n) is 3.47. The Morgan fingerprint density at radius 1 is 1.44 bits per heavy atom. The zero-order valence-electron chi connectivity index (χ0n) is 16.8. The van der Waals surface area contributed by atoms with Gasteiger partial charge in [-0.15, -0.1) is 12.4 Å². The van der Waals surface area contributed by atoms with Gasteiger partial charge in [0.2, 0.25) is 11.9 Å². The molecular weight excluding hydrogens is 467 g/mol. The molecule has 3 N–H and O–H groups in total. The summed E-state index contributed by atoms with van der Waals surface area (Å²) in [6, 6.07) is -0.0524. The minimum absolute atomic E-state index is 0. The number of nitrogens with one attached hydrogen (secondary N) is 3.